The predicted octanol–water partition coefficient (Wildman–Crippen LogP) is 2.93. The maximum atomic E-state index is 13.4. The molecule has 0 bridgehead atoms. The van der Waals surface area contributed by atoms with E-state index in [2.05, 4.69) is 10.00 Å². The molecule has 1 N–H and O–H groups in total. The number of piperidine rings is 1. The molecule has 1 aromatic heterocycles. The number of fused-ring (bicyclic) bond motifs is 1. The first kappa shape index (κ1) is 25.7. The lowest BCUT2D eigenvalue weighted by molar-refractivity contribution is -0.136. The molecule has 0 unspecified atom stereocenters. The van der Waals surface area contributed by atoms with E-state index in [4.69, 9.17) is 0 Å². The van der Waals surface area contributed by atoms with Gasteiger partial charge in [-0.3, -0.25) is 24.0 Å². The molecule has 0 radical (unpaired) electrons. The number of rotatable bonds is 7. The number of carbonyl (C=O) groups is 3. The second-order valence-electron chi connectivity index (χ2n) is 10.2. The van der Waals surface area contributed by atoms with Crippen LogP contribution in [0.5, 0.6) is 0 Å². The average Bonchev–Trinajstić information content (AvgIpc) is 3.38. The van der Waals surface area contributed by atoms with Crippen LogP contribution in [-0.2, 0) is 18.4 Å². The van der Waals surface area contributed by atoms with Gasteiger partial charge in [0.25, 0.3) is 11.8 Å². The Morgan fingerprint density at radius 1 is 1.08 bits per heavy atom. The zero-order valence-corrected chi connectivity index (χ0v) is 22.0. The van der Waals surface area contributed by atoms with E-state index in [0.717, 1.165) is 22.5 Å². The Morgan fingerprint density at radius 2 is 1.79 bits per heavy atom. The number of aliphatic hydroxyl groups is 1. The molecule has 9 nitrogen and oxygen atoms in total. The van der Waals surface area contributed by atoms with Crippen LogP contribution >= 0.6 is 0 Å². The van der Waals surface area contributed by atoms with Gasteiger partial charge in [0.15, 0.2) is 0 Å². The van der Waals surface area contributed by atoms with Crippen molar-refractivity contribution in [3.05, 3.63) is 82.7 Å². The molecule has 0 spiro atoms. The van der Waals surface area contributed by atoms with Crippen LogP contribution in [0.4, 0.5) is 5.69 Å². The minimum absolute atomic E-state index is 0.0159. The Morgan fingerprint density at radius 3 is 2.45 bits per heavy atom. The summed E-state index contributed by atoms with van der Waals surface area (Å²) in [5, 5.41) is 14.8. The molecule has 2 aliphatic heterocycles. The minimum Gasteiger partial charge on any atom is -0.387 e. The third-order valence-electron chi connectivity index (χ3n) is 7.61. The van der Waals surface area contributed by atoms with Gasteiger partial charge in [0, 0.05) is 44.9 Å². The zero-order chi connectivity index (χ0) is 27.0. The lowest BCUT2D eigenvalue weighted by Crippen LogP contribution is -2.42. The van der Waals surface area contributed by atoms with Crippen LogP contribution < -0.4 is 4.90 Å². The van der Waals surface area contributed by atoms with E-state index in [1.165, 1.54) is 4.90 Å². The quantitative estimate of drug-likeness (QED) is 0.486. The molecule has 0 aliphatic carbocycles. The molecule has 1 saturated heterocycles. The van der Waals surface area contributed by atoms with E-state index in [1.54, 1.807) is 22.7 Å². The van der Waals surface area contributed by atoms with Crippen LogP contribution in [0.2, 0.25) is 0 Å². The molecule has 1 atom stereocenters. The fourth-order valence-corrected chi connectivity index (χ4v) is 5.51. The first-order valence-electron chi connectivity index (χ1n) is 13.0. The number of aryl methyl sites for hydroxylation is 2. The number of nitrogens with zero attached hydrogens (tertiary/aromatic N) is 5. The largest absolute Gasteiger partial charge is 0.387 e. The summed E-state index contributed by atoms with van der Waals surface area (Å²) in [6.07, 6.45) is 2.36. The maximum absolute atomic E-state index is 13.4. The van der Waals surface area contributed by atoms with Gasteiger partial charge in [0.1, 0.15) is 0 Å². The van der Waals surface area contributed by atoms with Gasteiger partial charge in [0.2, 0.25) is 5.91 Å². The molecule has 1 fully saturated rings. The monoisotopic (exact) mass is 515 g/mol. The van der Waals surface area contributed by atoms with Crippen molar-refractivity contribution in [2.75, 3.05) is 31.6 Å². The van der Waals surface area contributed by atoms with Crippen LogP contribution in [-0.4, -0.2) is 69.1 Å². The van der Waals surface area contributed by atoms with Crippen LogP contribution in [0.15, 0.2) is 54.7 Å². The summed E-state index contributed by atoms with van der Waals surface area (Å²) in [6.45, 7) is 3.49. The number of imide groups is 1. The van der Waals surface area contributed by atoms with Gasteiger partial charge in [-0.15, -0.1) is 0 Å². The Bertz CT molecular complexity index is 1360. The maximum Gasteiger partial charge on any atom is 0.263 e. The molecule has 3 aromatic rings. The van der Waals surface area contributed by atoms with Crippen molar-refractivity contribution in [3.63, 3.8) is 0 Å². The Balaban J connectivity index is 1.24. The summed E-state index contributed by atoms with van der Waals surface area (Å²) in [5.74, 6) is -0.726. The summed E-state index contributed by atoms with van der Waals surface area (Å²) < 4.78 is 1.68. The van der Waals surface area contributed by atoms with Gasteiger partial charge in [0.05, 0.1) is 41.7 Å². The highest BCUT2D eigenvalue weighted by atomic mass is 16.3. The number of amides is 3. The fraction of sp³-hybridized carbons (Fsp3) is 0.379. The van der Waals surface area contributed by atoms with Gasteiger partial charge < -0.3 is 14.9 Å². The average molecular weight is 516 g/mol. The Hall–Kier alpha value is -3.98. The van der Waals surface area contributed by atoms with Gasteiger partial charge >= 0.3 is 0 Å². The molecule has 0 saturated carbocycles. The van der Waals surface area contributed by atoms with Crippen LogP contribution in [0.1, 0.15) is 56.5 Å². The highest BCUT2D eigenvalue weighted by molar-refractivity contribution is 6.23. The summed E-state index contributed by atoms with van der Waals surface area (Å²) in [7, 11) is 3.54. The smallest absolute Gasteiger partial charge is 0.263 e. The number of hydrogen-bond donors (Lipinski definition) is 1. The minimum atomic E-state index is -0.737. The molecule has 3 amide bonds. The van der Waals surface area contributed by atoms with Crippen molar-refractivity contribution in [1.82, 2.24) is 19.6 Å². The van der Waals surface area contributed by atoms with Crippen LogP contribution in [0.25, 0.3) is 0 Å². The Kier molecular flexibility index (Phi) is 7.03. The summed E-state index contributed by atoms with van der Waals surface area (Å²) in [6, 6.07) is 14.7. The van der Waals surface area contributed by atoms with Crippen molar-refractivity contribution < 1.29 is 19.5 Å². The molecule has 3 heterocycles. The van der Waals surface area contributed by atoms with Crippen molar-refractivity contribution >= 4 is 23.4 Å². The molecular weight excluding hydrogens is 482 g/mol. The van der Waals surface area contributed by atoms with Crippen molar-refractivity contribution in [2.24, 2.45) is 13.0 Å². The van der Waals surface area contributed by atoms with E-state index in [0.29, 0.717) is 37.1 Å². The molecule has 198 valence electrons. The molecule has 38 heavy (non-hydrogen) atoms. The number of likely N-dealkylation sites (N-methyl/N-ethyl adjacent to an activating group) is 1. The number of anilines is 1. The van der Waals surface area contributed by atoms with Crippen LogP contribution in [0, 0.1) is 12.8 Å². The number of carbonyl (C=O) groups excluding carboxylic acids is 3. The normalized spacial score (nSPS) is 16.6. The molecule has 2 aromatic carbocycles. The third-order valence-corrected chi connectivity index (χ3v) is 7.61. The van der Waals surface area contributed by atoms with Gasteiger partial charge in [-0.1, -0.05) is 36.4 Å². The number of hydrogen-bond acceptors (Lipinski definition) is 6. The van der Waals surface area contributed by atoms with Gasteiger partial charge in [-0.2, -0.15) is 5.10 Å². The summed E-state index contributed by atoms with van der Waals surface area (Å²) >= 11 is 0. The SMILES string of the molecule is Cc1nn(C)cc1CN1C(=O)c2cccc(N3CCC(C(=O)N(C)C[C@@H](O)c4ccccc4)CC3)c2C1=O. The predicted molar refractivity (Wildman–Crippen MR) is 143 cm³/mol. The van der Waals surface area contributed by atoms with E-state index in [9.17, 15) is 19.5 Å². The summed E-state index contributed by atoms with van der Waals surface area (Å²) in [5.41, 5.74) is 4.01. The molecule has 9 heteroatoms. The second kappa shape index (κ2) is 10.4. The van der Waals surface area contributed by atoms with Gasteiger partial charge in [-0.25, -0.2) is 0 Å². The second-order valence-corrected chi connectivity index (χ2v) is 10.2. The van der Waals surface area contributed by atoms with Crippen molar-refractivity contribution in [2.45, 2.75) is 32.4 Å². The number of aromatic nitrogens is 2. The third kappa shape index (κ3) is 4.81. The Labute approximate surface area is 222 Å². The fourth-order valence-electron chi connectivity index (χ4n) is 5.51. The van der Waals surface area contributed by atoms with Crippen molar-refractivity contribution in [3.8, 4) is 0 Å². The number of aliphatic hydroxyl groups excluding tert-OH is 1. The topological polar surface area (TPSA) is 99.0 Å². The van der Waals surface area contributed by atoms with Crippen LogP contribution in [0.3, 0.4) is 0 Å². The molecule has 2 aliphatic rings. The lowest BCUT2D eigenvalue weighted by atomic mass is 9.94. The standard InChI is InChI=1S/C29H33N5O4/c1-19-22(16-32(3)30-19)17-34-28(37)23-10-7-11-24(26(23)29(34)38)33-14-12-21(13-15-33)27(36)31(2)18-25(35)20-8-5-4-6-9-20/h4-11,16,21,25,35H,12-15,17-18H2,1-3H3/t25-/m1/s1. The lowest BCUT2D eigenvalue weighted by Gasteiger charge is -2.35. The van der Waals surface area contributed by atoms with Gasteiger partial charge in [-0.05, 0) is 37.5 Å². The first-order valence-corrected chi connectivity index (χ1v) is 13.0. The number of benzene rings is 2. The van der Waals surface area contributed by atoms with E-state index in [-0.39, 0.29) is 36.7 Å². The highest BCUT2D eigenvalue weighted by Crippen LogP contribution is 2.35. The summed E-state index contributed by atoms with van der Waals surface area (Å²) in [4.78, 5) is 44.7. The van der Waals surface area contributed by atoms with E-state index < -0.39 is 6.10 Å². The van der Waals surface area contributed by atoms with E-state index in [1.807, 2.05) is 62.6 Å². The van der Waals surface area contributed by atoms with E-state index >= 15 is 0 Å². The van der Waals surface area contributed by atoms with Crippen molar-refractivity contribution in [1.29, 1.82) is 0 Å². The highest BCUT2D eigenvalue weighted by Gasteiger charge is 2.39. The molecule has 5 rings (SSSR count). The first-order chi connectivity index (χ1) is 18.2. The zero-order valence-electron chi connectivity index (χ0n) is 22.0. The molecular formula is C29H33N5O4.